The molecule has 6 nitrogen and oxygen atoms in total. The predicted octanol–water partition coefficient (Wildman–Crippen LogP) is 4.86. The molecule has 2 saturated heterocycles. The highest BCUT2D eigenvalue weighted by atomic mass is 79.9. The molecule has 3 aromatic rings. The summed E-state index contributed by atoms with van der Waals surface area (Å²) in [4.78, 5) is 44.8. The summed E-state index contributed by atoms with van der Waals surface area (Å²) in [5.41, 5.74) is 2.94. The quantitative estimate of drug-likeness (QED) is 0.357. The molecule has 35 heavy (non-hydrogen) atoms. The molecule has 6 rings (SSSR count). The maximum atomic E-state index is 13.9. The van der Waals surface area contributed by atoms with Crippen LogP contribution in [0, 0.1) is 11.8 Å². The molecule has 0 unspecified atom stereocenters. The largest absolute Gasteiger partial charge is 0.497 e. The Balaban J connectivity index is 1.47. The number of benzene rings is 3. The molecule has 0 spiro atoms. The fourth-order valence-electron chi connectivity index (χ4n) is 5.63. The van der Waals surface area contributed by atoms with Gasteiger partial charge < -0.3 is 9.64 Å². The van der Waals surface area contributed by atoms with Crippen molar-refractivity contribution in [2.75, 3.05) is 12.0 Å². The van der Waals surface area contributed by atoms with Gasteiger partial charge in [0.15, 0.2) is 5.78 Å². The molecule has 3 aliphatic rings. The van der Waals surface area contributed by atoms with E-state index in [0.717, 1.165) is 15.6 Å². The van der Waals surface area contributed by atoms with Crippen LogP contribution in [0.15, 0.2) is 83.5 Å². The summed E-state index contributed by atoms with van der Waals surface area (Å²) in [6, 6.07) is 20.6. The lowest BCUT2D eigenvalue weighted by molar-refractivity contribution is -0.123. The van der Waals surface area contributed by atoms with Gasteiger partial charge in [0.05, 0.1) is 30.7 Å². The van der Waals surface area contributed by atoms with Crippen molar-refractivity contribution in [2.24, 2.45) is 11.8 Å². The van der Waals surface area contributed by atoms with Crippen LogP contribution in [-0.2, 0) is 9.59 Å². The molecule has 3 aromatic carbocycles. The number of hydrogen-bond donors (Lipinski definition) is 0. The van der Waals surface area contributed by atoms with Crippen molar-refractivity contribution in [3.8, 4) is 5.75 Å². The third-order valence-electron chi connectivity index (χ3n) is 7.19. The Morgan fingerprint density at radius 1 is 0.886 bits per heavy atom. The van der Waals surface area contributed by atoms with E-state index in [0.29, 0.717) is 17.0 Å². The Bertz CT molecular complexity index is 1380. The van der Waals surface area contributed by atoms with Crippen molar-refractivity contribution in [1.29, 1.82) is 0 Å². The van der Waals surface area contributed by atoms with Crippen LogP contribution in [0.5, 0.6) is 5.75 Å². The summed E-state index contributed by atoms with van der Waals surface area (Å²) in [7, 11) is 1.56. The van der Waals surface area contributed by atoms with E-state index >= 15 is 0 Å². The second-order valence-electron chi connectivity index (χ2n) is 8.91. The third kappa shape index (κ3) is 3.26. The van der Waals surface area contributed by atoms with E-state index in [9.17, 15) is 14.4 Å². The molecule has 4 atom stereocenters. The Kier molecular flexibility index (Phi) is 5.11. The van der Waals surface area contributed by atoms with Gasteiger partial charge in [-0.05, 0) is 53.6 Å². The minimum absolute atomic E-state index is 0.170. The van der Waals surface area contributed by atoms with Gasteiger partial charge in [0.1, 0.15) is 11.8 Å². The summed E-state index contributed by atoms with van der Waals surface area (Å²) in [6.07, 6.45) is 3.82. The summed E-state index contributed by atoms with van der Waals surface area (Å²) in [6.45, 7) is 0. The minimum Gasteiger partial charge on any atom is -0.497 e. The summed E-state index contributed by atoms with van der Waals surface area (Å²) >= 11 is 3.41. The topological polar surface area (TPSA) is 66.9 Å². The smallest absolute Gasteiger partial charge is 0.240 e. The van der Waals surface area contributed by atoms with Crippen molar-refractivity contribution in [3.05, 3.63) is 100 Å². The summed E-state index contributed by atoms with van der Waals surface area (Å²) in [5, 5.41) is 0. The van der Waals surface area contributed by atoms with Crippen molar-refractivity contribution in [3.63, 3.8) is 0 Å². The molecule has 0 radical (unpaired) electrons. The standard InChI is InChI=1S/C28H21BrN2O4/c1-35-20-12-10-19(11-13-20)31-27(33)22-23(28(31)34)25(26(32)17-6-8-18(29)9-7-17)30-15-14-16-4-2-3-5-21(16)24(22)30/h2-15,22-25H,1H3/t22-,23-,24-,25+/m1/s1. The molecule has 3 heterocycles. The number of amides is 2. The van der Waals surface area contributed by atoms with Gasteiger partial charge in [0.2, 0.25) is 11.8 Å². The molecule has 0 N–H and O–H groups in total. The number of carbonyl (C=O) groups is 3. The second-order valence-corrected chi connectivity index (χ2v) is 9.83. The predicted molar refractivity (Wildman–Crippen MR) is 135 cm³/mol. The average Bonchev–Trinajstić information content (AvgIpc) is 3.36. The zero-order chi connectivity index (χ0) is 24.3. The number of ketones is 1. The number of hydrogen-bond acceptors (Lipinski definition) is 5. The normalized spacial score (nSPS) is 24.3. The Morgan fingerprint density at radius 3 is 2.29 bits per heavy atom. The second kappa shape index (κ2) is 8.20. The maximum Gasteiger partial charge on any atom is 0.240 e. The highest BCUT2D eigenvalue weighted by Gasteiger charge is 2.64. The molecule has 0 aromatic heterocycles. The lowest BCUT2D eigenvalue weighted by atomic mass is 9.83. The van der Waals surface area contributed by atoms with E-state index in [1.807, 2.05) is 53.6 Å². The molecule has 0 bridgehead atoms. The molecule has 7 heteroatoms. The number of rotatable bonds is 4. The van der Waals surface area contributed by atoms with Gasteiger partial charge in [0, 0.05) is 16.2 Å². The average molecular weight is 529 g/mol. The van der Waals surface area contributed by atoms with Crippen molar-refractivity contribution in [2.45, 2.75) is 12.1 Å². The van der Waals surface area contributed by atoms with Crippen LogP contribution in [0.3, 0.4) is 0 Å². The van der Waals surface area contributed by atoms with Crippen LogP contribution in [0.2, 0.25) is 0 Å². The first-order chi connectivity index (χ1) is 17.0. The van der Waals surface area contributed by atoms with Crippen LogP contribution < -0.4 is 9.64 Å². The fraction of sp³-hybridized carbons (Fsp3) is 0.179. The number of nitrogens with zero attached hydrogens (tertiary/aromatic N) is 2. The number of methoxy groups -OCH3 is 1. The van der Waals surface area contributed by atoms with Gasteiger partial charge in [-0.2, -0.15) is 0 Å². The number of fused-ring (bicyclic) bond motifs is 5. The lowest BCUT2D eigenvalue weighted by Crippen LogP contribution is -2.44. The van der Waals surface area contributed by atoms with Crippen LogP contribution >= 0.6 is 15.9 Å². The Morgan fingerprint density at radius 2 is 1.57 bits per heavy atom. The van der Waals surface area contributed by atoms with E-state index in [1.54, 1.807) is 43.5 Å². The van der Waals surface area contributed by atoms with E-state index in [1.165, 1.54) is 4.90 Å². The summed E-state index contributed by atoms with van der Waals surface area (Å²) < 4.78 is 6.09. The van der Waals surface area contributed by atoms with Crippen LogP contribution in [0.1, 0.15) is 27.5 Å². The van der Waals surface area contributed by atoms with Crippen LogP contribution in [-0.4, -0.2) is 35.6 Å². The number of carbonyl (C=O) groups excluding carboxylic acids is 3. The van der Waals surface area contributed by atoms with Gasteiger partial charge >= 0.3 is 0 Å². The van der Waals surface area contributed by atoms with Gasteiger partial charge in [-0.25, -0.2) is 4.90 Å². The highest BCUT2D eigenvalue weighted by molar-refractivity contribution is 9.10. The van der Waals surface area contributed by atoms with Gasteiger partial charge in [0.25, 0.3) is 0 Å². The van der Waals surface area contributed by atoms with E-state index in [4.69, 9.17) is 4.74 Å². The lowest BCUT2D eigenvalue weighted by Gasteiger charge is -2.35. The highest BCUT2D eigenvalue weighted by Crippen LogP contribution is 2.53. The first kappa shape index (κ1) is 21.8. The number of Topliss-reactive ketones (excluding diaryl/α,β-unsaturated/α-hetero) is 1. The molecule has 0 aliphatic carbocycles. The van der Waals surface area contributed by atoms with Gasteiger partial charge in [-0.3, -0.25) is 14.4 Å². The van der Waals surface area contributed by atoms with Gasteiger partial charge in [-0.1, -0.05) is 52.3 Å². The van der Waals surface area contributed by atoms with E-state index in [-0.39, 0.29) is 17.6 Å². The Hall–Kier alpha value is -3.71. The molecule has 2 amide bonds. The van der Waals surface area contributed by atoms with Crippen LogP contribution in [0.25, 0.3) is 6.08 Å². The first-order valence-corrected chi connectivity index (χ1v) is 12.1. The van der Waals surface area contributed by atoms with Gasteiger partial charge in [-0.15, -0.1) is 0 Å². The van der Waals surface area contributed by atoms with Crippen molar-refractivity contribution in [1.82, 2.24) is 4.90 Å². The number of imide groups is 1. The summed E-state index contributed by atoms with van der Waals surface area (Å²) in [5.74, 6) is -1.62. The first-order valence-electron chi connectivity index (χ1n) is 11.4. The molecule has 3 aliphatic heterocycles. The minimum atomic E-state index is -0.790. The third-order valence-corrected chi connectivity index (χ3v) is 7.72. The zero-order valence-corrected chi connectivity index (χ0v) is 20.4. The SMILES string of the molecule is COc1ccc(N2C(=O)[C@@H]3[C@@H](C2=O)[C@H]2c4ccccc4C=CN2[C@@H]3C(=O)c2ccc(Br)cc2)cc1. The Labute approximate surface area is 210 Å². The molecular weight excluding hydrogens is 508 g/mol. The number of ether oxygens (including phenoxy) is 1. The van der Waals surface area contributed by atoms with Crippen LogP contribution in [0.4, 0.5) is 5.69 Å². The fourth-order valence-corrected chi connectivity index (χ4v) is 5.89. The monoisotopic (exact) mass is 528 g/mol. The molecule has 0 saturated carbocycles. The number of anilines is 1. The number of halogens is 1. The molecular formula is C28H21BrN2O4. The van der Waals surface area contributed by atoms with E-state index < -0.39 is 23.9 Å². The van der Waals surface area contributed by atoms with Crippen molar-refractivity contribution < 1.29 is 19.1 Å². The van der Waals surface area contributed by atoms with Crippen molar-refractivity contribution >= 4 is 45.3 Å². The molecule has 174 valence electrons. The van der Waals surface area contributed by atoms with E-state index in [2.05, 4.69) is 15.9 Å². The maximum absolute atomic E-state index is 13.9. The molecule has 2 fully saturated rings. The zero-order valence-electron chi connectivity index (χ0n) is 18.8.